The summed E-state index contributed by atoms with van der Waals surface area (Å²) < 4.78 is 21.6. The SMILES string of the molecule is CCC(C)(C)C(=O)CN[C@@H](CCCN=C(N)N)CC(=O)N[C@@H](Cc1ccc(C)cc1)C(N)=O.CN[C@@H](CCCCNC(=O)COCCOCCNC(=O)COCCOCCNC(=O)CC[C@H](NC(=O)CCCCCCCCCCCCCCCCC(=O)O)C(=O)O)C(=O)CN[C@@H](CCCN=C(N)N)CC(=O)N[C@@H](Cc1ccc(C)cc1)C(N)=O.CN[C@@H](CCCN=C(N)N)CC(=O)N[C@@H](Cc1ccc(C)cc1)C(N)=O. The second kappa shape index (κ2) is 81.3. The van der Waals surface area contributed by atoms with Gasteiger partial charge < -0.3 is 139 Å². The first-order valence-electron chi connectivity index (χ1n) is 51.0. The summed E-state index contributed by atoms with van der Waals surface area (Å²) in [4.78, 5) is 183. The van der Waals surface area contributed by atoms with Crippen molar-refractivity contribution in [3.05, 3.63) is 106 Å². The number of primary amides is 3. The topological polar surface area (TPSA) is 720 Å². The molecule has 0 spiro atoms. The highest BCUT2D eigenvalue weighted by Gasteiger charge is 2.30. The number of hydrogen-bond acceptors (Lipinski definition) is 25. The number of nitrogens with two attached hydrogens (primary N) is 9. The lowest BCUT2D eigenvalue weighted by molar-refractivity contribution is -0.142. The zero-order valence-electron chi connectivity index (χ0n) is 87.2. The van der Waals surface area contributed by atoms with Gasteiger partial charge in [0, 0.05) is 121 Å². The van der Waals surface area contributed by atoms with E-state index in [2.05, 4.69) is 73.5 Å². The lowest BCUT2D eigenvalue weighted by atomic mass is 9.85. The third-order valence-electron chi connectivity index (χ3n) is 23.9. The highest BCUT2D eigenvalue weighted by atomic mass is 16.5. The first kappa shape index (κ1) is 131. The number of rotatable bonds is 84. The first-order chi connectivity index (χ1) is 69.1. The van der Waals surface area contributed by atoms with Crippen LogP contribution in [0.3, 0.4) is 0 Å². The van der Waals surface area contributed by atoms with Gasteiger partial charge in [-0.3, -0.25) is 77.3 Å². The van der Waals surface area contributed by atoms with Gasteiger partial charge >= 0.3 is 11.9 Å². The second-order valence-electron chi connectivity index (χ2n) is 36.9. The van der Waals surface area contributed by atoms with E-state index in [1.807, 2.05) is 114 Å². The third kappa shape index (κ3) is 72.1. The fraction of sp³-hybridized carbons (Fsp3) is 0.657. The van der Waals surface area contributed by atoms with Crippen LogP contribution in [0, 0.1) is 26.2 Å². The van der Waals surface area contributed by atoms with E-state index in [0.29, 0.717) is 90.4 Å². The fourth-order valence-corrected chi connectivity index (χ4v) is 14.7. The molecule has 0 aliphatic rings. The summed E-state index contributed by atoms with van der Waals surface area (Å²) in [5, 5.41) is 49.7. The average molecular weight is 2040 g/mol. The van der Waals surface area contributed by atoms with Crippen molar-refractivity contribution in [1.29, 1.82) is 0 Å². The summed E-state index contributed by atoms with van der Waals surface area (Å²) in [6, 6.07) is 18.3. The number of carboxylic acids is 2. The highest BCUT2D eigenvalue weighted by Crippen LogP contribution is 2.22. The van der Waals surface area contributed by atoms with E-state index in [1.165, 1.54) is 38.5 Å². The van der Waals surface area contributed by atoms with Gasteiger partial charge in [0.05, 0.1) is 58.8 Å². The van der Waals surface area contributed by atoms with Crippen LogP contribution in [0.25, 0.3) is 0 Å². The van der Waals surface area contributed by atoms with Gasteiger partial charge in [0.25, 0.3) is 0 Å². The highest BCUT2D eigenvalue weighted by molar-refractivity contribution is 5.90. The van der Waals surface area contributed by atoms with Gasteiger partial charge in [0.15, 0.2) is 29.4 Å². The van der Waals surface area contributed by atoms with Crippen molar-refractivity contribution in [1.82, 2.24) is 58.5 Å². The predicted molar refractivity (Wildman–Crippen MR) is 561 cm³/mol. The molecule has 145 heavy (non-hydrogen) atoms. The number of benzene rings is 3. The summed E-state index contributed by atoms with van der Waals surface area (Å²) in [7, 11) is 3.48. The molecule has 8 atom stereocenters. The van der Waals surface area contributed by atoms with Crippen molar-refractivity contribution >= 4 is 100 Å². The zero-order valence-corrected chi connectivity index (χ0v) is 87.2. The normalized spacial score (nSPS) is 12.7. The number of carbonyl (C=O) groups is 14. The minimum atomic E-state index is -1.20. The Morgan fingerprint density at radius 2 is 0.690 bits per heavy atom. The van der Waals surface area contributed by atoms with Crippen LogP contribution in [0.2, 0.25) is 0 Å². The van der Waals surface area contributed by atoms with Gasteiger partial charge in [0.2, 0.25) is 59.1 Å². The van der Waals surface area contributed by atoms with Gasteiger partial charge in [-0.1, -0.05) is 187 Å². The van der Waals surface area contributed by atoms with Crippen LogP contribution in [0.5, 0.6) is 0 Å². The molecule has 0 unspecified atom stereocenters. The molecular formula is C102H175N23O20. The number of aliphatic carboxylic acids is 2. The summed E-state index contributed by atoms with van der Waals surface area (Å²) in [5.41, 5.74) is 54.4. The van der Waals surface area contributed by atoms with Crippen molar-refractivity contribution < 1.29 is 96.3 Å². The molecule has 0 radical (unpaired) electrons. The molecular weight excluding hydrogens is 1870 g/mol. The number of unbranched alkanes of at least 4 members (excludes halogenated alkanes) is 14. The molecule has 43 nitrogen and oxygen atoms in total. The minimum Gasteiger partial charge on any atom is -0.481 e. The van der Waals surface area contributed by atoms with Crippen LogP contribution in [-0.2, 0) is 105 Å². The Morgan fingerprint density at radius 3 is 1.05 bits per heavy atom. The van der Waals surface area contributed by atoms with Gasteiger partial charge in [-0.05, 0) is 135 Å². The van der Waals surface area contributed by atoms with E-state index in [0.717, 1.165) is 97.6 Å². The summed E-state index contributed by atoms with van der Waals surface area (Å²) in [5.74, 6) is -6.00. The number of carboxylic acid groups (broad SMARTS) is 2. The van der Waals surface area contributed by atoms with Crippen LogP contribution in [0.1, 0.15) is 253 Å². The van der Waals surface area contributed by atoms with E-state index in [-0.39, 0.29) is 207 Å². The monoisotopic (exact) mass is 2040 g/mol. The first-order valence-corrected chi connectivity index (χ1v) is 51.0. The van der Waals surface area contributed by atoms with E-state index in [1.54, 1.807) is 14.1 Å². The molecule has 0 aliphatic heterocycles. The Hall–Kier alpha value is -11.9. The van der Waals surface area contributed by atoms with Gasteiger partial charge in [-0.25, -0.2) is 4.79 Å². The Balaban J connectivity index is 0.00000143. The van der Waals surface area contributed by atoms with E-state index >= 15 is 0 Å². The fourth-order valence-electron chi connectivity index (χ4n) is 14.7. The third-order valence-corrected chi connectivity index (χ3v) is 23.9. The maximum absolute atomic E-state index is 13.2. The van der Waals surface area contributed by atoms with E-state index < -0.39 is 77.2 Å². The zero-order chi connectivity index (χ0) is 108. The molecule has 10 amide bonds. The molecule has 0 saturated carbocycles. The van der Waals surface area contributed by atoms with Crippen molar-refractivity contribution in [2.45, 2.75) is 308 Å². The molecule has 0 saturated heterocycles. The molecule has 0 aromatic heterocycles. The number of amides is 10. The van der Waals surface area contributed by atoms with Crippen molar-refractivity contribution in [2.75, 3.05) is 119 Å². The van der Waals surface area contributed by atoms with Crippen molar-refractivity contribution in [2.24, 2.45) is 72.0 Å². The predicted octanol–water partition coefficient (Wildman–Crippen LogP) is 2.78. The number of guanidine groups is 3. The molecule has 0 heterocycles. The Bertz CT molecular complexity index is 4310. The number of carbonyl (C=O) groups excluding carboxylic acids is 12. The van der Waals surface area contributed by atoms with Crippen molar-refractivity contribution in [3.63, 3.8) is 0 Å². The molecule has 0 aliphatic carbocycles. The van der Waals surface area contributed by atoms with E-state index in [4.69, 9.17) is 75.7 Å². The van der Waals surface area contributed by atoms with Crippen molar-refractivity contribution in [3.8, 4) is 0 Å². The maximum Gasteiger partial charge on any atom is 0.326 e. The molecule has 3 aromatic carbocycles. The maximum atomic E-state index is 13.2. The van der Waals surface area contributed by atoms with Crippen LogP contribution < -0.4 is 110 Å². The summed E-state index contributed by atoms with van der Waals surface area (Å²) in [6.45, 7) is 14.6. The van der Waals surface area contributed by atoms with Gasteiger partial charge in [-0.2, -0.15) is 0 Å². The number of ketones is 2. The number of hydrogen-bond donors (Lipinski definition) is 22. The molecule has 3 rings (SSSR count). The number of nitrogens with one attached hydrogen (secondary N) is 11. The number of Topliss-reactive ketones (excluding diaryl/α,β-unsaturated/α-hetero) is 2. The number of likely N-dealkylation sites (N-methyl/N-ethyl adjacent to an activating group) is 1. The molecule has 818 valence electrons. The second-order valence-corrected chi connectivity index (χ2v) is 36.9. The summed E-state index contributed by atoms with van der Waals surface area (Å²) in [6.07, 6.45) is 22.8. The quantitative estimate of drug-likeness (QED) is 0.0219. The van der Waals surface area contributed by atoms with Crippen LogP contribution in [0.15, 0.2) is 87.8 Å². The molecule has 31 N–H and O–H groups in total. The van der Waals surface area contributed by atoms with Gasteiger partial charge in [0.1, 0.15) is 37.4 Å². The number of ether oxygens (including phenoxy) is 4. The lowest BCUT2D eigenvalue weighted by Gasteiger charge is -2.24. The van der Waals surface area contributed by atoms with Crippen LogP contribution >= 0.6 is 0 Å². The minimum absolute atomic E-state index is 0.00902. The Labute approximate surface area is 856 Å². The lowest BCUT2D eigenvalue weighted by Crippen LogP contribution is -2.48. The largest absolute Gasteiger partial charge is 0.481 e. The molecule has 0 bridgehead atoms. The van der Waals surface area contributed by atoms with Crippen LogP contribution in [-0.4, -0.2) is 278 Å². The standard InChI is InChI=1S/C60H105N11O15.C24H40N6O3.C18H30N6O2/c1-45-24-26-46(27-25-45)40-50(58(61)80)71-54(75)41-47(20-19-31-68-60(62)63)69-42-51(72)48(64-2)21-17-18-30-65-55(76)43-85-38-37-84-35-33-67-56(77)44-86-39-36-83-34-32-66-52(73)29-28-49(59(81)82)70-53(74)22-15-13-11-9-7-5-3-4-6-8-10-12-14-16-23-57(78)79;1-5-24(3,4)20(31)15-29-18(7-6-12-28-23(26)27)14-21(32)30-19(22(25)33)13-17-10-8-16(2)9-11-17;1-12-5-7-13(8-6-12)10-15(17(19)26)24-16(25)11-14(22-2)4-3-9-23-18(20)21/h24-27,47-50,64,69H,3-23,28-44H2,1-2H3,(H2,61,80)(H,65,76)(H,66,73)(H,67,77)(H,70,74)(H,71,75)(H,78,79)(H,81,82)(H4,62,63,68);8-11,18-19,29H,5-7,12-15H2,1-4H3,(H2,25,33)(H,30,32)(H4,26,27,28);5-8,14-15,22H,3-4,9-11H2,1-2H3,(H2,19,26)(H,24,25)(H4,20,21,23)/t47-,48-,49-,50-;18-,19-;14-,15-/m000/s1. The smallest absolute Gasteiger partial charge is 0.326 e. The van der Waals surface area contributed by atoms with E-state index in [9.17, 15) is 72.2 Å². The average Bonchev–Trinajstić information content (AvgIpc) is 0.896. The number of aryl methyl sites for hydroxylation is 3. The molecule has 43 heteroatoms. The van der Waals surface area contributed by atoms with Gasteiger partial charge in [-0.15, -0.1) is 0 Å². The Morgan fingerprint density at radius 1 is 0.345 bits per heavy atom. The molecule has 3 aromatic rings. The number of nitrogens with zero attached hydrogens (tertiary/aromatic N) is 3. The Kier molecular flexibility index (Phi) is 73.6. The molecule has 0 fully saturated rings. The summed E-state index contributed by atoms with van der Waals surface area (Å²) >= 11 is 0. The number of aliphatic imine (C=N–C) groups is 3. The van der Waals surface area contributed by atoms with Crippen LogP contribution in [0.4, 0.5) is 0 Å².